The first-order valence-electron chi connectivity index (χ1n) is 8.37. The minimum Gasteiger partial charge on any atom is -0.468 e. The van der Waals surface area contributed by atoms with Crippen molar-refractivity contribution in [2.45, 2.75) is 49.7 Å². The van der Waals surface area contributed by atoms with Gasteiger partial charge in [0, 0.05) is 0 Å². The zero-order chi connectivity index (χ0) is 19.3. The minimum atomic E-state index is -4.07. The Kier molecular flexibility index (Phi) is 6.49. The van der Waals surface area contributed by atoms with Gasteiger partial charge >= 0.3 is 5.97 Å². The highest BCUT2D eigenvalue weighted by molar-refractivity contribution is 7.92. The van der Waals surface area contributed by atoms with Crippen LogP contribution in [0.25, 0.3) is 0 Å². The molecular formula is C17H24N4O4S. The number of hydrogen-bond donors (Lipinski definition) is 1. The van der Waals surface area contributed by atoms with Crippen molar-refractivity contribution in [1.29, 1.82) is 0 Å². The van der Waals surface area contributed by atoms with E-state index in [9.17, 15) is 13.2 Å². The number of esters is 1. The van der Waals surface area contributed by atoms with E-state index in [1.165, 1.54) is 11.5 Å². The third-order valence-electron chi connectivity index (χ3n) is 4.11. The van der Waals surface area contributed by atoms with E-state index < -0.39 is 27.1 Å². The van der Waals surface area contributed by atoms with Crippen molar-refractivity contribution in [2.75, 3.05) is 7.11 Å². The highest BCUT2D eigenvalue weighted by Gasteiger charge is 2.36. The fourth-order valence-corrected chi connectivity index (χ4v) is 3.88. The Bertz CT molecular complexity index is 849. The van der Waals surface area contributed by atoms with Crippen LogP contribution in [-0.2, 0) is 25.9 Å². The van der Waals surface area contributed by atoms with Gasteiger partial charge < -0.3 is 10.5 Å². The van der Waals surface area contributed by atoms with Crippen molar-refractivity contribution in [2.24, 2.45) is 5.73 Å². The summed E-state index contributed by atoms with van der Waals surface area (Å²) in [5, 5.41) is 6.22. The third kappa shape index (κ3) is 4.10. The Hall–Kier alpha value is -2.26. The van der Waals surface area contributed by atoms with Crippen molar-refractivity contribution in [3.63, 3.8) is 0 Å². The molecule has 0 radical (unpaired) electrons. The molecule has 8 nitrogen and oxygen atoms in total. The van der Waals surface area contributed by atoms with Crippen molar-refractivity contribution in [3.8, 4) is 0 Å². The van der Waals surface area contributed by atoms with Crippen LogP contribution in [0.2, 0.25) is 0 Å². The molecule has 0 aliphatic heterocycles. The Morgan fingerprint density at radius 1 is 1.27 bits per heavy atom. The first-order chi connectivity index (χ1) is 12.3. The molecule has 26 heavy (non-hydrogen) atoms. The maximum Gasteiger partial charge on any atom is 0.324 e. The minimum absolute atomic E-state index is 0.239. The predicted octanol–water partition coefficient (Wildman–Crippen LogP) is 1.46. The normalized spacial score (nSPS) is 14.0. The average molecular weight is 380 g/mol. The summed E-state index contributed by atoms with van der Waals surface area (Å²) >= 11 is 0. The number of benzene rings is 1. The standard InChI is InChI=1S/C17H24N4O4S/c1-4-8-14(18)15-19-20-17(26(23,24)12(2)16(22)25-3)21(15)11-13-9-6-5-7-10-13/h5-7,9-10,12,14H,4,8,11,18H2,1-3H3. The van der Waals surface area contributed by atoms with E-state index in [4.69, 9.17) is 5.73 Å². The molecule has 0 spiro atoms. The summed E-state index contributed by atoms with van der Waals surface area (Å²) < 4.78 is 31.8. The third-order valence-corrected chi connectivity index (χ3v) is 6.05. The molecule has 9 heteroatoms. The monoisotopic (exact) mass is 380 g/mol. The SMILES string of the molecule is CCCC(N)c1nnc(S(=O)(=O)C(C)C(=O)OC)n1Cc1ccccc1. The highest BCUT2D eigenvalue weighted by atomic mass is 32.2. The molecule has 0 amide bonds. The van der Waals surface area contributed by atoms with Gasteiger partial charge in [0.2, 0.25) is 9.84 Å². The summed E-state index contributed by atoms with van der Waals surface area (Å²) in [6.07, 6.45) is 1.46. The van der Waals surface area contributed by atoms with Gasteiger partial charge in [-0.15, -0.1) is 10.2 Å². The van der Waals surface area contributed by atoms with Gasteiger partial charge in [-0.2, -0.15) is 0 Å². The van der Waals surface area contributed by atoms with Gasteiger partial charge in [-0.1, -0.05) is 43.7 Å². The Balaban J connectivity index is 2.54. The smallest absolute Gasteiger partial charge is 0.324 e. The molecule has 0 bridgehead atoms. The van der Waals surface area contributed by atoms with Crippen LogP contribution in [0.5, 0.6) is 0 Å². The average Bonchev–Trinajstić information content (AvgIpc) is 3.05. The zero-order valence-corrected chi connectivity index (χ0v) is 15.9. The van der Waals surface area contributed by atoms with Crippen LogP contribution in [0.4, 0.5) is 0 Å². The second-order valence-corrected chi connectivity index (χ2v) is 8.18. The summed E-state index contributed by atoms with van der Waals surface area (Å²) in [5.74, 6) is -0.468. The lowest BCUT2D eigenvalue weighted by molar-refractivity contribution is -0.139. The van der Waals surface area contributed by atoms with Gasteiger partial charge in [-0.25, -0.2) is 8.42 Å². The van der Waals surface area contributed by atoms with E-state index in [1.807, 2.05) is 37.3 Å². The molecule has 2 rings (SSSR count). The van der Waals surface area contributed by atoms with Crippen LogP contribution in [0.1, 0.15) is 44.1 Å². The van der Waals surface area contributed by atoms with Crippen LogP contribution >= 0.6 is 0 Å². The lowest BCUT2D eigenvalue weighted by Crippen LogP contribution is -2.31. The predicted molar refractivity (Wildman–Crippen MR) is 96.1 cm³/mol. The number of aromatic nitrogens is 3. The Morgan fingerprint density at radius 3 is 2.50 bits per heavy atom. The van der Waals surface area contributed by atoms with Crippen LogP contribution in [0.15, 0.2) is 35.5 Å². The van der Waals surface area contributed by atoms with E-state index in [0.717, 1.165) is 19.1 Å². The largest absolute Gasteiger partial charge is 0.468 e. The fraction of sp³-hybridized carbons (Fsp3) is 0.471. The molecule has 2 unspecified atom stereocenters. The Labute approximate surface area is 153 Å². The van der Waals surface area contributed by atoms with E-state index in [1.54, 1.807) is 0 Å². The number of nitrogens with zero attached hydrogens (tertiary/aromatic N) is 3. The van der Waals surface area contributed by atoms with Crippen molar-refractivity contribution in [3.05, 3.63) is 41.7 Å². The van der Waals surface area contributed by atoms with E-state index in [-0.39, 0.29) is 11.7 Å². The molecule has 2 N–H and O–H groups in total. The molecule has 1 aromatic heterocycles. The first-order valence-corrected chi connectivity index (χ1v) is 9.91. The molecule has 0 aliphatic carbocycles. The van der Waals surface area contributed by atoms with Crippen molar-refractivity contribution >= 4 is 15.8 Å². The Morgan fingerprint density at radius 2 is 1.92 bits per heavy atom. The zero-order valence-electron chi connectivity index (χ0n) is 15.1. The molecule has 0 aliphatic rings. The molecule has 1 heterocycles. The van der Waals surface area contributed by atoms with E-state index in [2.05, 4.69) is 14.9 Å². The van der Waals surface area contributed by atoms with Gasteiger partial charge in [0.1, 0.15) is 0 Å². The number of ether oxygens (including phenoxy) is 1. The maximum atomic E-state index is 12.9. The van der Waals surface area contributed by atoms with Crippen LogP contribution in [0, 0.1) is 0 Å². The molecule has 0 saturated heterocycles. The van der Waals surface area contributed by atoms with Gasteiger partial charge in [0.25, 0.3) is 5.16 Å². The number of carbonyl (C=O) groups is 1. The lowest BCUT2D eigenvalue weighted by Gasteiger charge is -2.16. The molecule has 142 valence electrons. The van der Waals surface area contributed by atoms with Gasteiger partial charge in [0.15, 0.2) is 11.1 Å². The summed E-state index contributed by atoms with van der Waals surface area (Å²) in [6.45, 7) is 3.49. The number of rotatable bonds is 8. The molecular weight excluding hydrogens is 356 g/mol. The van der Waals surface area contributed by atoms with Crippen molar-refractivity contribution in [1.82, 2.24) is 14.8 Å². The molecule has 1 aromatic carbocycles. The summed E-state index contributed by atoms with van der Waals surface area (Å²) in [5.41, 5.74) is 7.04. The number of carbonyl (C=O) groups excluding carboxylic acids is 1. The topological polar surface area (TPSA) is 117 Å². The van der Waals surface area contributed by atoms with Crippen molar-refractivity contribution < 1.29 is 17.9 Å². The van der Waals surface area contributed by atoms with Crippen LogP contribution in [-0.4, -0.2) is 41.5 Å². The quantitative estimate of drug-likeness (QED) is 0.689. The fourth-order valence-electron chi connectivity index (χ4n) is 2.59. The summed E-state index contributed by atoms with van der Waals surface area (Å²) in [4.78, 5) is 11.8. The number of nitrogens with two attached hydrogens (primary N) is 1. The molecule has 0 saturated carbocycles. The molecule has 2 atom stereocenters. The van der Waals surface area contributed by atoms with Crippen LogP contribution < -0.4 is 5.73 Å². The van der Waals surface area contributed by atoms with E-state index in [0.29, 0.717) is 12.2 Å². The second-order valence-electron chi connectivity index (χ2n) is 6.02. The summed E-state index contributed by atoms with van der Waals surface area (Å²) in [6, 6.07) is 8.88. The van der Waals surface area contributed by atoms with Crippen LogP contribution in [0.3, 0.4) is 0 Å². The number of sulfone groups is 1. The number of methoxy groups -OCH3 is 1. The van der Waals surface area contributed by atoms with Gasteiger partial charge in [0.05, 0.1) is 19.7 Å². The lowest BCUT2D eigenvalue weighted by atomic mass is 10.1. The van der Waals surface area contributed by atoms with Gasteiger partial charge in [-0.3, -0.25) is 9.36 Å². The first kappa shape index (κ1) is 20.1. The molecule has 2 aromatic rings. The van der Waals surface area contributed by atoms with E-state index >= 15 is 0 Å². The second kappa shape index (κ2) is 8.41. The molecule has 0 fully saturated rings. The highest BCUT2D eigenvalue weighted by Crippen LogP contribution is 2.22. The van der Waals surface area contributed by atoms with Gasteiger partial charge in [-0.05, 0) is 18.9 Å². The number of hydrogen-bond acceptors (Lipinski definition) is 7. The summed E-state index contributed by atoms with van der Waals surface area (Å²) in [7, 11) is -2.92. The maximum absolute atomic E-state index is 12.9.